The van der Waals surface area contributed by atoms with Crippen LogP contribution < -0.4 is 5.32 Å². The molecule has 1 aliphatic heterocycles. The Hall–Kier alpha value is -1.51. The second-order valence-corrected chi connectivity index (χ2v) is 7.91. The van der Waals surface area contributed by atoms with Gasteiger partial charge in [0.05, 0.1) is 23.7 Å². The van der Waals surface area contributed by atoms with Gasteiger partial charge in [-0.05, 0) is 24.6 Å². The molecule has 0 aromatic heterocycles. The van der Waals surface area contributed by atoms with Crippen molar-refractivity contribution in [2.24, 2.45) is 0 Å². The highest BCUT2D eigenvalue weighted by Crippen LogP contribution is 2.20. The van der Waals surface area contributed by atoms with E-state index < -0.39 is 21.7 Å². The van der Waals surface area contributed by atoms with Gasteiger partial charge in [-0.2, -0.15) is 4.31 Å². The van der Waals surface area contributed by atoms with E-state index in [1.807, 2.05) is 0 Å². The first-order chi connectivity index (χ1) is 12.0. The Balaban J connectivity index is 2.09. The zero-order valence-corrected chi connectivity index (χ0v) is 15.3. The number of hydrogen-bond acceptors (Lipinski definition) is 4. The van der Waals surface area contributed by atoms with E-state index in [1.54, 1.807) is 0 Å². The Kier molecular flexibility index (Phi) is 7.34. The van der Waals surface area contributed by atoms with E-state index in [9.17, 15) is 17.6 Å². The minimum atomic E-state index is -3.76. The van der Waals surface area contributed by atoms with Crippen molar-refractivity contribution in [1.29, 1.82) is 0 Å². The Morgan fingerprint density at radius 3 is 2.64 bits per heavy atom. The molecule has 1 saturated heterocycles. The molecule has 1 fully saturated rings. The maximum Gasteiger partial charge on any atom is 0.254 e. The molecule has 1 amide bonds. The van der Waals surface area contributed by atoms with Crippen LogP contribution >= 0.6 is 0 Å². The van der Waals surface area contributed by atoms with Gasteiger partial charge < -0.3 is 10.1 Å². The topological polar surface area (TPSA) is 75.7 Å². The van der Waals surface area contributed by atoms with Gasteiger partial charge in [-0.3, -0.25) is 4.79 Å². The van der Waals surface area contributed by atoms with Crippen LogP contribution in [0, 0.1) is 5.82 Å². The van der Waals surface area contributed by atoms with Crippen molar-refractivity contribution in [2.45, 2.75) is 37.5 Å². The van der Waals surface area contributed by atoms with Crippen LogP contribution in [0.2, 0.25) is 0 Å². The van der Waals surface area contributed by atoms with Crippen LogP contribution in [0.1, 0.15) is 43.0 Å². The number of benzene rings is 1. The third-order valence-electron chi connectivity index (χ3n) is 4.11. The molecule has 6 nitrogen and oxygen atoms in total. The van der Waals surface area contributed by atoms with Gasteiger partial charge in [0.1, 0.15) is 5.82 Å². The number of halogens is 1. The first-order valence-corrected chi connectivity index (χ1v) is 10.1. The van der Waals surface area contributed by atoms with E-state index in [4.69, 9.17) is 4.74 Å². The van der Waals surface area contributed by atoms with Crippen LogP contribution in [0.5, 0.6) is 0 Å². The molecule has 0 unspecified atom stereocenters. The molecule has 1 aliphatic rings. The zero-order chi connectivity index (χ0) is 18.3. The van der Waals surface area contributed by atoms with E-state index in [2.05, 4.69) is 12.2 Å². The van der Waals surface area contributed by atoms with Crippen molar-refractivity contribution in [2.75, 3.05) is 32.8 Å². The molecule has 0 spiro atoms. The van der Waals surface area contributed by atoms with Crippen LogP contribution in [0.15, 0.2) is 23.1 Å². The fourth-order valence-corrected chi connectivity index (χ4v) is 4.06. The van der Waals surface area contributed by atoms with Crippen molar-refractivity contribution >= 4 is 15.9 Å². The number of rotatable bonds is 8. The zero-order valence-electron chi connectivity index (χ0n) is 14.5. The van der Waals surface area contributed by atoms with E-state index in [1.165, 1.54) is 10.4 Å². The summed E-state index contributed by atoms with van der Waals surface area (Å²) in [5, 5.41) is 2.65. The van der Waals surface area contributed by atoms with Gasteiger partial charge >= 0.3 is 0 Å². The normalized spacial score (nSPS) is 15.9. The molecular formula is C17H25FN2O4S. The van der Waals surface area contributed by atoms with Crippen molar-refractivity contribution in [3.63, 3.8) is 0 Å². The molecular weight excluding hydrogens is 347 g/mol. The number of ether oxygens (including phenoxy) is 1. The number of nitrogens with zero attached hydrogens (tertiary/aromatic N) is 1. The van der Waals surface area contributed by atoms with Gasteiger partial charge in [-0.15, -0.1) is 0 Å². The SMILES string of the molecule is CCCCCCNC(=O)c1cc(S(=O)(=O)N2CCOCC2)ccc1F. The molecule has 1 N–H and O–H groups in total. The molecule has 0 radical (unpaired) electrons. The van der Waals surface area contributed by atoms with Crippen molar-refractivity contribution in [3.8, 4) is 0 Å². The predicted octanol–water partition coefficient (Wildman–Crippen LogP) is 2.16. The number of hydrogen-bond donors (Lipinski definition) is 1. The van der Waals surface area contributed by atoms with Gasteiger partial charge in [0.15, 0.2) is 0 Å². The Morgan fingerprint density at radius 2 is 1.96 bits per heavy atom. The molecule has 1 aromatic rings. The standard InChI is InChI=1S/C17H25FN2O4S/c1-2-3-4-5-8-19-17(21)15-13-14(6-7-16(15)18)25(22,23)20-9-11-24-12-10-20/h6-7,13H,2-5,8-12H2,1H3,(H,19,21). The highest BCUT2D eigenvalue weighted by molar-refractivity contribution is 7.89. The molecule has 0 bridgehead atoms. The molecule has 140 valence electrons. The van der Waals surface area contributed by atoms with Gasteiger partial charge in [0, 0.05) is 19.6 Å². The van der Waals surface area contributed by atoms with Crippen molar-refractivity contribution < 1.29 is 22.3 Å². The number of unbranched alkanes of at least 4 members (excludes halogenated alkanes) is 3. The monoisotopic (exact) mass is 372 g/mol. The van der Waals surface area contributed by atoms with E-state index in [0.29, 0.717) is 19.8 Å². The minimum Gasteiger partial charge on any atom is -0.379 e. The highest BCUT2D eigenvalue weighted by atomic mass is 32.2. The number of nitrogens with one attached hydrogen (secondary N) is 1. The lowest BCUT2D eigenvalue weighted by atomic mass is 10.2. The summed E-state index contributed by atoms with van der Waals surface area (Å²) in [7, 11) is -3.76. The summed E-state index contributed by atoms with van der Waals surface area (Å²) < 4.78 is 45.7. The second kappa shape index (κ2) is 9.26. The Bertz CT molecular complexity index is 688. The lowest BCUT2D eigenvalue weighted by Crippen LogP contribution is -2.40. The quantitative estimate of drug-likeness (QED) is 0.710. The van der Waals surface area contributed by atoms with Crippen molar-refractivity contribution in [3.05, 3.63) is 29.6 Å². The number of morpholine rings is 1. The summed E-state index contributed by atoms with van der Waals surface area (Å²) >= 11 is 0. The lowest BCUT2D eigenvalue weighted by Gasteiger charge is -2.26. The second-order valence-electron chi connectivity index (χ2n) is 5.97. The summed E-state index contributed by atoms with van der Waals surface area (Å²) in [4.78, 5) is 12.1. The van der Waals surface area contributed by atoms with Gasteiger partial charge in [-0.25, -0.2) is 12.8 Å². The largest absolute Gasteiger partial charge is 0.379 e. The summed E-state index contributed by atoms with van der Waals surface area (Å²) in [6, 6.07) is 3.33. The molecule has 2 rings (SSSR count). The average Bonchev–Trinajstić information content (AvgIpc) is 2.62. The number of carbonyl (C=O) groups is 1. The maximum atomic E-state index is 14.0. The van der Waals surface area contributed by atoms with E-state index in [-0.39, 0.29) is 23.5 Å². The minimum absolute atomic E-state index is 0.0769. The number of amides is 1. The van der Waals surface area contributed by atoms with E-state index in [0.717, 1.165) is 37.8 Å². The number of sulfonamides is 1. The Labute approximate surface area is 148 Å². The predicted molar refractivity (Wildman–Crippen MR) is 92.5 cm³/mol. The average molecular weight is 372 g/mol. The van der Waals surface area contributed by atoms with Gasteiger partial charge in [0.25, 0.3) is 5.91 Å². The van der Waals surface area contributed by atoms with Crippen LogP contribution in [0.4, 0.5) is 4.39 Å². The molecule has 25 heavy (non-hydrogen) atoms. The molecule has 8 heteroatoms. The lowest BCUT2D eigenvalue weighted by molar-refractivity contribution is 0.0730. The summed E-state index contributed by atoms with van der Waals surface area (Å²) in [6.45, 7) is 3.68. The van der Waals surface area contributed by atoms with Crippen LogP contribution in [0.3, 0.4) is 0 Å². The van der Waals surface area contributed by atoms with Gasteiger partial charge in [0.2, 0.25) is 10.0 Å². The molecule has 0 aliphatic carbocycles. The molecule has 1 aromatic carbocycles. The van der Waals surface area contributed by atoms with Crippen molar-refractivity contribution in [1.82, 2.24) is 9.62 Å². The maximum absolute atomic E-state index is 14.0. The smallest absolute Gasteiger partial charge is 0.254 e. The third kappa shape index (κ3) is 5.23. The molecule has 0 atom stereocenters. The van der Waals surface area contributed by atoms with Crippen LogP contribution in [-0.2, 0) is 14.8 Å². The first kappa shape index (κ1) is 19.8. The fourth-order valence-electron chi connectivity index (χ4n) is 2.62. The fraction of sp³-hybridized carbons (Fsp3) is 0.588. The van der Waals surface area contributed by atoms with Crippen LogP contribution in [-0.4, -0.2) is 51.5 Å². The third-order valence-corrected chi connectivity index (χ3v) is 6.00. The summed E-state index contributed by atoms with van der Waals surface area (Å²) in [5.74, 6) is -1.32. The summed E-state index contributed by atoms with van der Waals surface area (Å²) in [6.07, 6.45) is 3.97. The summed E-state index contributed by atoms with van der Waals surface area (Å²) in [5.41, 5.74) is -0.246. The molecule has 1 heterocycles. The van der Waals surface area contributed by atoms with Crippen LogP contribution in [0.25, 0.3) is 0 Å². The van der Waals surface area contributed by atoms with Gasteiger partial charge in [-0.1, -0.05) is 26.2 Å². The Morgan fingerprint density at radius 1 is 1.24 bits per heavy atom. The highest BCUT2D eigenvalue weighted by Gasteiger charge is 2.27. The number of carbonyl (C=O) groups excluding carboxylic acids is 1. The first-order valence-electron chi connectivity index (χ1n) is 8.62. The molecule has 0 saturated carbocycles. The van der Waals surface area contributed by atoms with E-state index >= 15 is 0 Å².